The first-order chi connectivity index (χ1) is 10.0. The number of anilines is 2. The fraction of sp³-hybridized carbons (Fsp3) is 0.375. The zero-order valence-electron chi connectivity index (χ0n) is 12.9. The Labute approximate surface area is 126 Å². The number of likely N-dealkylation sites (N-methyl/N-ethyl adjacent to an activating group) is 2. The summed E-state index contributed by atoms with van der Waals surface area (Å²) in [4.78, 5) is 4.40. The minimum Gasteiger partial charge on any atom is -0.393 e. The zero-order valence-corrected chi connectivity index (χ0v) is 12.9. The van der Waals surface area contributed by atoms with Crippen molar-refractivity contribution in [3.8, 4) is 6.07 Å². The molecular weight excluding hydrogens is 262 g/mol. The van der Waals surface area contributed by atoms with E-state index in [1.807, 2.05) is 19.2 Å². The molecule has 21 heavy (non-hydrogen) atoms. The Balaban J connectivity index is 2.67. The normalized spacial score (nSPS) is 18.0. The van der Waals surface area contributed by atoms with Gasteiger partial charge in [-0.15, -0.1) is 0 Å². The van der Waals surface area contributed by atoms with Crippen LogP contribution in [0.25, 0.3) is 5.57 Å². The Bertz CT molecular complexity index is 626. The number of benzene rings is 1. The molecule has 0 unspecified atom stereocenters. The van der Waals surface area contributed by atoms with Gasteiger partial charge in [-0.3, -0.25) is 0 Å². The number of nitrogens with zero attached hydrogens (tertiary/aromatic N) is 3. The number of hydrogen-bond acceptors (Lipinski definition) is 5. The van der Waals surface area contributed by atoms with Crippen molar-refractivity contribution in [3.63, 3.8) is 0 Å². The first-order valence-electron chi connectivity index (χ1n) is 6.93. The topological polar surface area (TPSA) is 66.2 Å². The van der Waals surface area contributed by atoms with Crippen LogP contribution < -0.4 is 15.1 Å². The third kappa shape index (κ3) is 2.57. The molecule has 2 N–H and O–H groups in total. The highest BCUT2D eigenvalue weighted by molar-refractivity contribution is 6.10. The largest absolute Gasteiger partial charge is 0.393 e. The lowest BCUT2D eigenvalue weighted by atomic mass is 9.97. The lowest BCUT2D eigenvalue weighted by molar-refractivity contribution is 0.647. The van der Waals surface area contributed by atoms with Crippen LogP contribution in [0, 0.1) is 16.7 Å². The fourth-order valence-electron chi connectivity index (χ4n) is 2.70. The van der Waals surface area contributed by atoms with Crippen LogP contribution in [0.1, 0.15) is 18.1 Å². The van der Waals surface area contributed by atoms with Crippen LogP contribution in [0.4, 0.5) is 11.4 Å². The average molecular weight is 283 g/mol. The van der Waals surface area contributed by atoms with Crippen molar-refractivity contribution in [2.45, 2.75) is 13.0 Å². The van der Waals surface area contributed by atoms with E-state index in [0.717, 1.165) is 23.5 Å². The van der Waals surface area contributed by atoms with Gasteiger partial charge in [0.1, 0.15) is 0 Å². The molecule has 1 aromatic carbocycles. The molecule has 5 heteroatoms. The van der Waals surface area contributed by atoms with E-state index in [2.05, 4.69) is 35.2 Å². The standard InChI is InChI=1S/C16H21N5/c1-11-10-20(3)15-5-12(7-17)14(6-16(15)21(11)4)13(8-18)9-19-2/h5-6,8-9,11,18-19H,10H2,1-4H3/b13-9+,18-8?/t11-/m1/s1. The number of hydrogen-bond donors (Lipinski definition) is 2. The Morgan fingerprint density at radius 2 is 2.14 bits per heavy atom. The maximum atomic E-state index is 9.43. The Hall–Kier alpha value is -2.48. The van der Waals surface area contributed by atoms with Gasteiger partial charge in [0.05, 0.1) is 23.0 Å². The summed E-state index contributed by atoms with van der Waals surface area (Å²) in [5.74, 6) is 0. The van der Waals surface area contributed by atoms with Crippen LogP contribution in [0.3, 0.4) is 0 Å². The van der Waals surface area contributed by atoms with Gasteiger partial charge in [-0.25, -0.2) is 0 Å². The van der Waals surface area contributed by atoms with Crippen molar-refractivity contribution in [2.75, 3.05) is 37.5 Å². The van der Waals surface area contributed by atoms with Gasteiger partial charge in [0.15, 0.2) is 0 Å². The molecule has 0 saturated heterocycles. The van der Waals surface area contributed by atoms with E-state index in [4.69, 9.17) is 5.41 Å². The van der Waals surface area contributed by atoms with Crippen LogP contribution in [-0.4, -0.2) is 39.9 Å². The summed E-state index contributed by atoms with van der Waals surface area (Å²) >= 11 is 0. The molecular formula is C16H21N5. The molecule has 0 spiro atoms. The van der Waals surface area contributed by atoms with E-state index < -0.39 is 0 Å². The van der Waals surface area contributed by atoms with E-state index >= 15 is 0 Å². The Morgan fingerprint density at radius 3 is 2.71 bits per heavy atom. The van der Waals surface area contributed by atoms with Crippen molar-refractivity contribution in [1.82, 2.24) is 5.32 Å². The molecule has 1 aliphatic heterocycles. The molecule has 1 heterocycles. The predicted octanol–water partition coefficient (Wildman–Crippen LogP) is 2.04. The van der Waals surface area contributed by atoms with E-state index in [9.17, 15) is 5.26 Å². The predicted molar refractivity (Wildman–Crippen MR) is 88.1 cm³/mol. The van der Waals surface area contributed by atoms with Crippen LogP contribution in [0.2, 0.25) is 0 Å². The summed E-state index contributed by atoms with van der Waals surface area (Å²) in [6.45, 7) is 3.11. The lowest BCUT2D eigenvalue weighted by Gasteiger charge is -2.40. The number of nitriles is 1. The molecule has 0 amide bonds. The van der Waals surface area contributed by atoms with Crippen LogP contribution in [0.15, 0.2) is 18.3 Å². The van der Waals surface area contributed by atoms with Crippen molar-refractivity contribution in [3.05, 3.63) is 29.5 Å². The summed E-state index contributed by atoms with van der Waals surface area (Å²) in [7, 11) is 5.90. The summed E-state index contributed by atoms with van der Waals surface area (Å²) in [6, 6.07) is 6.58. The van der Waals surface area contributed by atoms with Crippen molar-refractivity contribution >= 4 is 23.2 Å². The van der Waals surface area contributed by atoms with Gasteiger partial charge < -0.3 is 20.5 Å². The van der Waals surface area contributed by atoms with Gasteiger partial charge in [-0.05, 0) is 19.1 Å². The second-order valence-electron chi connectivity index (χ2n) is 5.37. The quantitative estimate of drug-likeness (QED) is 0.833. The molecule has 0 radical (unpaired) electrons. The second-order valence-corrected chi connectivity index (χ2v) is 5.37. The van der Waals surface area contributed by atoms with Gasteiger partial charge in [-0.2, -0.15) is 5.26 Å². The van der Waals surface area contributed by atoms with Gasteiger partial charge in [0.25, 0.3) is 0 Å². The van der Waals surface area contributed by atoms with Crippen LogP contribution in [-0.2, 0) is 0 Å². The van der Waals surface area contributed by atoms with E-state index in [0.29, 0.717) is 17.2 Å². The lowest BCUT2D eigenvalue weighted by Crippen LogP contribution is -2.44. The maximum absolute atomic E-state index is 9.43. The fourth-order valence-corrected chi connectivity index (χ4v) is 2.70. The third-order valence-corrected chi connectivity index (χ3v) is 3.99. The summed E-state index contributed by atoms with van der Waals surface area (Å²) in [6.07, 6.45) is 3.01. The molecule has 0 fully saturated rings. The monoisotopic (exact) mass is 283 g/mol. The highest BCUT2D eigenvalue weighted by atomic mass is 15.3. The molecule has 0 aromatic heterocycles. The molecule has 0 bridgehead atoms. The van der Waals surface area contributed by atoms with Crippen molar-refractivity contribution < 1.29 is 0 Å². The highest BCUT2D eigenvalue weighted by Gasteiger charge is 2.25. The van der Waals surface area contributed by atoms with Crippen LogP contribution in [0.5, 0.6) is 0 Å². The first kappa shape index (κ1) is 14.9. The van der Waals surface area contributed by atoms with E-state index in [-0.39, 0.29) is 0 Å². The van der Waals surface area contributed by atoms with Crippen molar-refractivity contribution in [2.24, 2.45) is 0 Å². The minimum absolute atomic E-state index is 0.403. The summed E-state index contributed by atoms with van der Waals surface area (Å²) < 4.78 is 0. The molecule has 5 nitrogen and oxygen atoms in total. The van der Waals surface area contributed by atoms with Crippen LogP contribution >= 0.6 is 0 Å². The number of fused-ring (bicyclic) bond motifs is 1. The smallest absolute Gasteiger partial charge is 0.0999 e. The number of rotatable bonds is 3. The van der Waals surface area contributed by atoms with E-state index in [1.54, 1.807) is 13.2 Å². The van der Waals surface area contributed by atoms with Gasteiger partial charge in [-0.1, -0.05) is 0 Å². The highest BCUT2D eigenvalue weighted by Crippen LogP contribution is 2.37. The van der Waals surface area contributed by atoms with Gasteiger partial charge in [0, 0.05) is 57.3 Å². The molecule has 1 aromatic rings. The Morgan fingerprint density at radius 1 is 1.43 bits per heavy atom. The van der Waals surface area contributed by atoms with Gasteiger partial charge >= 0.3 is 0 Å². The molecule has 1 aliphatic rings. The zero-order chi connectivity index (χ0) is 15.6. The third-order valence-electron chi connectivity index (χ3n) is 3.99. The molecule has 0 aliphatic carbocycles. The Kier molecular flexibility index (Phi) is 4.18. The number of nitrogens with one attached hydrogen (secondary N) is 2. The first-order valence-corrected chi connectivity index (χ1v) is 6.93. The minimum atomic E-state index is 0.403. The second kappa shape index (κ2) is 5.88. The average Bonchev–Trinajstić information content (AvgIpc) is 2.49. The van der Waals surface area contributed by atoms with E-state index in [1.165, 1.54) is 6.21 Å². The molecule has 0 saturated carbocycles. The SMILES string of the molecule is CN/C=C(\C=N)c1cc2c(cc1C#N)N(C)C[C@@H](C)N2C. The molecule has 1 atom stereocenters. The van der Waals surface area contributed by atoms with Gasteiger partial charge in [0.2, 0.25) is 0 Å². The molecule has 110 valence electrons. The summed E-state index contributed by atoms with van der Waals surface area (Å²) in [5.41, 5.74) is 4.23. The maximum Gasteiger partial charge on any atom is 0.0999 e. The number of allylic oxidation sites excluding steroid dienone is 1. The molecule has 2 rings (SSSR count). The van der Waals surface area contributed by atoms with Crippen molar-refractivity contribution in [1.29, 1.82) is 10.7 Å². The summed E-state index contributed by atoms with van der Waals surface area (Å²) in [5, 5.41) is 19.9.